The molecule has 2 aromatic carbocycles. The number of hydrogen-bond acceptors (Lipinski definition) is 6. The van der Waals surface area contributed by atoms with Gasteiger partial charge >= 0.3 is 0 Å². The molecule has 0 bridgehead atoms. The number of hydrogen-bond donors (Lipinski definition) is 0. The molecule has 0 spiro atoms. The van der Waals surface area contributed by atoms with Gasteiger partial charge in [-0.1, -0.05) is 35.9 Å². The van der Waals surface area contributed by atoms with Crippen LogP contribution in [0.15, 0.2) is 68.9 Å². The van der Waals surface area contributed by atoms with Gasteiger partial charge in [0, 0.05) is 18.7 Å². The molecule has 1 fully saturated rings. The van der Waals surface area contributed by atoms with Crippen molar-refractivity contribution in [1.82, 2.24) is 4.98 Å². The minimum atomic E-state index is -3.85. The summed E-state index contributed by atoms with van der Waals surface area (Å²) >= 11 is 0. The maximum atomic E-state index is 13.4. The Hall–Kier alpha value is -2.64. The zero-order chi connectivity index (χ0) is 20.6. The van der Waals surface area contributed by atoms with Crippen LogP contribution in [-0.4, -0.2) is 38.7 Å². The van der Waals surface area contributed by atoms with Crippen molar-refractivity contribution in [3.05, 3.63) is 60.2 Å². The fourth-order valence-corrected chi connectivity index (χ4v) is 4.87. The molecule has 152 valence electrons. The molecule has 0 aliphatic carbocycles. The summed E-state index contributed by atoms with van der Waals surface area (Å²) < 4.78 is 38.7. The van der Waals surface area contributed by atoms with Crippen molar-refractivity contribution in [3.8, 4) is 11.5 Å². The number of rotatable bonds is 4. The second kappa shape index (κ2) is 7.65. The highest BCUT2D eigenvalue weighted by atomic mass is 32.2. The molecule has 6 nitrogen and oxygen atoms in total. The molecule has 2 heterocycles. The molecular formula is C22H24N2O4S. The Morgan fingerprint density at radius 3 is 2.21 bits per heavy atom. The summed E-state index contributed by atoms with van der Waals surface area (Å²) in [5.41, 5.74) is 1.72. The second-order valence-electron chi connectivity index (χ2n) is 7.47. The van der Waals surface area contributed by atoms with Gasteiger partial charge in [-0.15, -0.1) is 0 Å². The van der Waals surface area contributed by atoms with E-state index < -0.39 is 9.84 Å². The van der Waals surface area contributed by atoms with Crippen molar-refractivity contribution in [2.75, 3.05) is 18.0 Å². The van der Waals surface area contributed by atoms with Crippen molar-refractivity contribution in [1.29, 1.82) is 0 Å². The Balaban J connectivity index is 1.85. The Labute approximate surface area is 171 Å². The number of nitrogens with zero attached hydrogens (tertiary/aromatic N) is 2. The summed E-state index contributed by atoms with van der Waals surface area (Å²) in [5, 5.41) is -0.0542. The maximum Gasteiger partial charge on any atom is 0.236 e. The monoisotopic (exact) mass is 412 g/mol. The van der Waals surface area contributed by atoms with Gasteiger partial charge in [0.1, 0.15) is 0 Å². The molecule has 1 aliphatic heterocycles. The van der Waals surface area contributed by atoms with Gasteiger partial charge in [0.05, 0.1) is 17.1 Å². The number of ether oxygens (including phenoxy) is 1. The van der Waals surface area contributed by atoms with E-state index in [0.29, 0.717) is 13.1 Å². The number of anilines is 1. The topological polar surface area (TPSA) is 72.6 Å². The number of morpholine rings is 1. The highest BCUT2D eigenvalue weighted by molar-refractivity contribution is 7.91. The van der Waals surface area contributed by atoms with Gasteiger partial charge in [-0.25, -0.2) is 8.42 Å². The van der Waals surface area contributed by atoms with Gasteiger partial charge in [0.25, 0.3) is 0 Å². The average molecular weight is 413 g/mol. The Kier molecular flexibility index (Phi) is 5.19. The molecule has 29 heavy (non-hydrogen) atoms. The standard InChI is InChI=1S/C22H24N2O4S/c1-15-9-11-19(12-10-15)29(25,26)21-22(24-13-16(2)27-17(3)14-24)28-20(23-21)18-7-5-4-6-8-18/h4-12,16-17H,13-14H2,1-3H3/t16-,17-/m0/s1. The van der Waals surface area contributed by atoms with Crippen LogP contribution >= 0.6 is 0 Å². The van der Waals surface area contributed by atoms with Crippen molar-refractivity contribution in [2.45, 2.75) is 42.9 Å². The first kappa shape index (κ1) is 19.7. The van der Waals surface area contributed by atoms with Crippen molar-refractivity contribution < 1.29 is 17.6 Å². The third-order valence-electron chi connectivity index (χ3n) is 4.89. The molecule has 2 atom stereocenters. The molecular weight excluding hydrogens is 388 g/mol. The number of sulfone groups is 1. The average Bonchev–Trinajstić information content (AvgIpc) is 3.15. The summed E-state index contributed by atoms with van der Waals surface area (Å²) in [6, 6.07) is 16.1. The van der Waals surface area contributed by atoms with E-state index in [1.54, 1.807) is 24.3 Å². The molecule has 0 radical (unpaired) electrons. The predicted molar refractivity (Wildman–Crippen MR) is 111 cm³/mol. The molecule has 1 saturated heterocycles. The summed E-state index contributed by atoms with van der Waals surface area (Å²) in [4.78, 5) is 6.56. The number of aromatic nitrogens is 1. The van der Waals surface area contributed by atoms with Crippen LogP contribution in [-0.2, 0) is 14.6 Å². The largest absolute Gasteiger partial charge is 0.419 e. The minimum Gasteiger partial charge on any atom is -0.419 e. The van der Waals surface area contributed by atoms with Gasteiger partial charge in [0.2, 0.25) is 26.6 Å². The molecule has 1 aliphatic rings. The van der Waals surface area contributed by atoms with Crippen LogP contribution < -0.4 is 4.90 Å². The van der Waals surface area contributed by atoms with Crippen LogP contribution in [0.1, 0.15) is 19.4 Å². The molecule has 0 saturated carbocycles. The van der Waals surface area contributed by atoms with Crippen LogP contribution in [0.25, 0.3) is 11.5 Å². The van der Waals surface area contributed by atoms with Crippen LogP contribution in [0.5, 0.6) is 0 Å². The van der Waals surface area contributed by atoms with Gasteiger partial charge < -0.3 is 14.1 Å². The third kappa shape index (κ3) is 3.93. The fraction of sp³-hybridized carbons (Fsp3) is 0.318. The predicted octanol–water partition coefficient (Wildman–Crippen LogP) is 4.10. The lowest BCUT2D eigenvalue weighted by Crippen LogP contribution is -2.45. The zero-order valence-corrected chi connectivity index (χ0v) is 17.5. The molecule has 0 amide bonds. The van der Waals surface area contributed by atoms with Crippen molar-refractivity contribution in [2.24, 2.45) is 0 Å². The SMILES string of the molecule is Cc1ccc(S(=O)(=O)c2nc(-c3ccccc3)oc2N2C[C@H](C)O[C@@H](C)C2)cc1. The Morgan fingerprint density at radius 2 is 1.59 bits per heavy atom. The van der Waals surface area contributed by atoms with E-state index in [4.69, 9.17) is 9.15 Å². The summed E-state index contributed by atoms with van der Waals surface area (Å²) in [7, 11) is -3.85. The van der Waals surface area contributed by atoms with E-state index in [1.165, 1.54) is 0 Å². The molecule has 7 heteroatoms. The fourth-order valence-electron chi connectivity index (χ4n) is 3.55. The lowest BCUT2D eigenvalue weighted by atomic mass is 10.2. The first-order valence-corrected chi connectivity index (χ1v) is 11.1. The Morgan fingerprint density at radius 1 is 0.966 bits per heavy atom. The second-order valence-corrected chi connectivity index (χ2v) is 9.34. The lowest BCUT2D eigenvalue weighted by Gasteiger charge is -2.35. The summed E-state index contributed by atoms with van der Waals surface area (Å²) in [5.74, 6) is 0.560. The molecule has 0 N–H and O–H groups in total. The van der Waals surface area contributed by atoms with E-state index in [1.807, 2.05) is 56.0 Å². The molecule has 4 rings (SSSR count). The van der Waals surface area contributed by atoms with Crippen molar-refractivity contribution in [3.63, 3.8) is 0 Å². The Bertz CT molecular complexity index is 1080. The van der Waals surface area contributed by atoms with E-state index in [0.717, 1.165) is 11.1 Å². The lowest BCUT2D eigenvalue weighted by molar-refractivity contribution is -0.00657. The van der Waals surface area contributed by atoms with E-state index in [9.17, 15) is 8.42 Å². The first-order chi connectivity index (χ1) is 13.8. The molecule has 3 aromatic rings. The van der Waals surface area contributed by atoms with Gasteiger partial charge in [-0.3, -0.25) is 0 Å². The normalized spacial score (nSPS) is 20.0. The van der Waals surface area contributed by atoms with Crippen LogP contribution in [0.3, 0.4) is 0 Å². The first-order valence-electron chi connectivity index (χ1n) is 9.63. The third-order valence-corrected chi connectivity index (χ3v) is 6.56. The number of benzene rings is 2. The summed E-state index contributed by atoms with van der Waals surface area (Å²) in [6.45, 7) is 6.91. The van der Waals surface area contributed by atoms with E-state index >= 15 is 0 Å². The van der Waals surface area contributed by atoms with Gasteiger partial charge in [0.15, 0.2) is 0 Å². The summed E-state index contributed by atoms with van der Waals surface area (Å²) in [6.07, 6.45) is -0.0853. The number of oxazole rings is 1. The van der Waals surface area contributed by atoms with Gasteiger partial charge in [-0.05, 0) is 45.0 Å². The quantitative estimate of drug-likeness (QED) is 0.642. The highest BCUT2D eigenvalue weighted by Gasteiger charge is 2.34. The number of aryl methyl sites for hydroxylation is 1. The highest BCUT2D eigenvalue weighted by Crippen LogP contribution is 2.35. The van der Waals surface area contributed by atoms with E-state index in [2.05, 4.69) is 4.98 Å². The maximum absolute atomic E-state index is 13.4. The van der Waals surface area contributed by atoms with Gasteiger partial charge in [-0.2, -0.15) is 4.98 Å². The van der Waals surface area contributed by atoms with Crippen LogP contribution in [0.2, 0.25) is 0 Å². The van der Waals surface area contributed by atoms with Crippen LogP contribution in [0, 0.1) is 6.92 Å². The minimum absolute atomic E-state index is 0.0426. The molecule has 0 unspecified atom stereocenters. The van der Waals surface area contributed by atoms with E-state index in [-0.39, 0.29) is 33.9 Å². The van der Waals surface area contributed by atoms with Crippen molar-refractivity contribution >= 4 is 15.7 Å². The van der Waals surface area contributed by atoms with Crippen LogP contribution in [0.4, 0.5) is 5.88 Å². The molecule has 1 aromatic heterocycles. The zero-order valence-electron chi connectivity index (χ0n) is 16.7. The smallest absolute Gasteiger partial charge is 0.236 e.